The van der Waals surface area contributed by atoms with Gasteiger partial charge in [-0.1, -0.05) is 86.5 Å². The van der Waals surface area contributed by atoms with E-state index in [1.807, 2.05) is 57.3 Å². The molecule has 0 atom stereocenters. The molecular weight excluding hydrogens is 867 g/mol. The van der Waals surface area contributed by atoms with Crippen LogP contribution >= 0.6 is 34.0 Å². The van der Waals surface area contributed by atoms with Crippen LogP contribution in [0.5, 0.6) is 0 Å². The van der Waals surface area contributed by atoms with Crippen molar-refractivity contribution in [1.82, 2.24) is 49.5 Å². The summed E-state index contributed by atoms with van der Waals surface area (Å²) in [7, 11) is 0. The quantitative estimate of drug-likeness (QED) is 0.147. The summed E-state index contributed by atoms with van der Waals surface area (Å²) in [5.41, 5.74) is 3.65. The standard InChI is InChI=1S/C8H12S.C7H11N.C7H10S.C6H10N2.C6H9NO.C6H9NS.2C5H9N3/c1-6(2)8-4-7(3)5-9-8;2*1-6(2)7-4-3-5-8-7;1-6(2)8-5-3-4-7-8;1-5(2)6-3-4-8-7-6;1-5(2)6-7-3-4-8-6;2*1-5(2)8-4-6-3-7-8/h4-6H,1-3H3;3-4,6H,5H2,1-2H3;2*3-6H,1-2H3;4*3-5H,1-2H3. The first-order valence-corrected chi connectivity index (χ1v) is 25.2. The second kappa shape index (κ2) is 33.6. The fourth-order valence-electron chi connectivity index (χ4n) is 4.73. The second-order valence-corrected chi connectivity index (χ2v) is 20.1. The van der Waals surface area contributed by atoms with Gasteiger partial charge in [-0.25, -0.2) is 15.0 Å². The Hall–Kier alpha value is -4.86. The highest BCUT2D eigenvalue weighted by Gasteiger charge is 2.03. The van der Waals surface area contributed by atoms with Crippen molar-refractivity contribution in [3.05, 3.63) is 135 Å². The number of aromatic nitrogens is 10. The highest BCUT2D eigenvalue weighted by molar-refractivity contribution is 7.10. The number of aliphatic imine (C=N–C) groups is 1. The summed E-state index contributed by atoms with van der Waals surface area (Å²) in [4.78, 5) is 18.9. The highest BCUT2D eigenvalue weighted by atomic mass is 32.1. The van der Waals surface area contributed by atoms with Gasteiger partial charge < -0.3 is 4.52 Å². The van der Waals surface area contributed by atoms with Gasteiger partial charge in [0.1, 0.15) is 31.6 Å². The predicted molar refractivity (Wildman–Crippen MR) is 278 cm³/mol. The molecule has 0 bridgehead atoms. The molecule has 1 aliphatic heterocycles. The number of rotatable bonds is 8. The van der Waals surface area contributed by atoms with Crippen molar-refractivity contribution in [2.24, 2.45) is 10.9 Å². The lowest BCUT2D eigenvalue weighted by molar-refractivity contribution is 0.408. The molecule has 0 saturated carbocycles. The van der Waals surface area contributed by atoms with Crippen LogP contribution in [0.15, 0.2) is 118 Å². The molecule has 358 valence electrons. The third-order valence-electron chi connectivity index (χ3n) is 8.67. The van der Waals surface area contributed by atoms with E-state index in [9.17, 15) is 0 Å². The lowest BCUT2D eigenvalue weighted by Crippen LogP contribution is -2.00. The van der Waals surface area contributed by atoms with Crippen molar-refractivity contribution in [1.29, 1.82) is 0 Å². The van der Waals surface area contributed by atoms with Crippen LogP contribution < -0.4 is 0 Å². The summed E-state index contributed by atoms with van der Waals surface area (Å²) >= 11 is 5.41. The fourth-order valence-corrected chi connectivity index (χ4v) is 7.04. The molecule has 8 heterocycles. The average Bonchev–Trinajstić information content (AvgIpc) is 4.14. The normalized spacial score (nSPS) is 11.3. The minimum atomic E-state index is 0.428. The molecule has 8 rings (SSSR count). The molecule has 1 aliphatic rings. The topological polar surface area (TPSA) is 131 Å². The molecule has 0 spiro atoms. The minimum Gasteiger partial charge on any atom is -0.365 e. The lowest BCUT2D eigenvalue weighted by atomic mass is 10.1. The summed E-state index contributed by atoms with van der Waals surface area (Å²) in [6, 6.07) is 11.7. The molecule has 7 aromatic heterocycles. The number of hydrogen-bond donors (Lipinski definition) is 0. The Kier molecular flexibility index (Phi) is 30.1. The van der Waals surface area contributed by atoms with Crippen molar-refractivity contribution < 1.29 is 4.52 Å². The highest BCUT2D eigenvalue weighted by Crippen LogP contribution is 2.22. The first-order chi connectivity index (χ1) is 30.8. The average molecular weight is 946 g/mol. The lowest BCUT2D eigenvalue weighted by Gasteiger charge is -2.01. The number of allylic oxidation sites excluding steroid dienone is 1. The zero-order valence-electron chi connectivity index (χ0n) is 42.3. The van der Waals surface area contributed by atoms with Crippen molar-refractivity contribution in [2.75, 3.05) is 6.54 Å². The van der Waals surface area contributed by atoms with E-state index in [1.165, 1.54) is 26.0 Å². The van der Waals surface area contributed by atoms with Crippen molar-refractivity contribution in [3.8, 4) is 0 Å². The van der Waals surface area contributed by atoms with E-state index >= 15 is 0 Å². The molecule has 0 radical (unpaired) electrons. The van der Waals surface area contributed by atoms with Crippen LogP contribution in [0, 0.1) is 12.8 Å². The zero-order chi connectivity index (χ0) is 48.7. The second-order valence-electron chi connectivity index (χ2n) is 17.3. The number of thiophene rings is 2. The molecule has 15 heteroatoms. The molecule has 12 nitrogen and oxygen atoms in total. The van der Waals surface area contributed by atoms with Crippen molar-refractivity contribution >= 4 is 39.7 Å². The SMILES string of the molecule is CC(C)C1=NCC=C1.CC(C)c1cccs1.CC(C)c1ccon1.CC(C)c1nccs1.CC(C)n1cccn1.CC(C)n1cncn1.CC(C)n1cncn1.Cc1csc(C(C)C)c1. The third-order valence-corrected chi connectivity index (χ3v) is 12.3. The van der Waals surface area contributed by atoms with Crippen LogP contribution in [-0.2, 0) is 0 Å². The van der Waals surface area contributed by atoms with Gasteiger partial charge in [0.2, 0.25) is 0 Å². The molecule has 0 amide bonds. The Morgan fingerprint density at radius 3 is 1.43 bits per heavy atom. The number of thiazole rings is 1. The third kappa shape index (κ3) is 26.6. The largest absolute Gasteiger partial charge is 0.365 e. The number of hydrogen-bond acceptors (Lipinski definition) is 12. The van der Waals surface area contributed by atoms with Crippen molar-refractivity contribution in [2.45, 2.75) is 160 Å². The van der Waals surface area contributed by atoms with Gasteiger partial charge in [-0.15, -0.1) is 34.0 Å². The molecule has 0 saturated heterocycles. The number of nitrogens with zero attached hydrogens (tertiary/aromatic N) is 11. The van der Waals surface area contributed by atoms with Gasteiger partial charge in [0.25, 0.3) is 0 Å². The molecule has 0 aromatic carbocycles. The van der Waals surface area contributed by atoms with Crippen LogP contribution in [-0.4, -0.2) is 61.7 Å². The van der Waals surface area contributed by atoms with Crippen LogP contribution in [0.1, 0.15) is 179 Å². The van der Waals surface area contributed by atoms with E-state index in [4.69, 9.17) is 0 Å². The first-order valence-electron chi connectivity index (χ1n) is 22.6. The van der Waals surface area contributed by atoms with Crippen molar-refractivity contribution in [3.63, 3.8) is 0 Å². The van der Waals surface area contributed by atoms with Gasteiger partial charge in [0, 0.05) is 69.5 Å². The Morgan fingerprint density at radius 1 is 0.600 bits per heavy atom. The van der Waals surface area contributed by atoms with E-state index < -0.39 is 0 Å². The van der Waals surface area contributed by atoms with E-state index in [0.29, 0.717) is 47.7 Å². The van der Waals surface area contributed by atoms with Gasteiger partial charge >= 0.3 is 0 Å². The monoisotopic (exact) mass is 946 g/mol. The summed E-state index contributed by atoms with van der Waals surface area (Å²) in [5, 5.41) is 23.2. The summed E-state index contributed by atoms with van der Waals surface area (Å²) < 4.78 is 10.2. The Morgan fingerprint density at radius 2 is 1.22 bits per heavy atom. The Labute approximate surface area is 403 Å². The summed E-state index contributed by atoms with van der Waals surface area (Å²) in [6.07, 6.45) is 17.9. The summed E-state index contributed by atoms with van der Waals surface area (Å²) in [5.74, 6) is 3.08. The van der Waals surface area contributed by atoms with Gasteiger partial charge in [0.15, 0.2) is 0 Å². The van der Waals surface area contributed by atoms with E-state index in [1.54, 1.807) is 58.5 Å². The van der Waals surface area contributed by atoms with Gasteiger partial charge in [-0.3, -0.25) is 19.0 Å². The smallest absolute Gasteiger partial charge is 0.137 e. The van der Waals surface area contributed by atoms with Gasteiger partial charge in [-0.2, -0.15) is 15.3 Å². The molecule has 0 unspecified atom stereocenters. The van der Waals surface area contributed by atoms with Crippen LogP contribution in [0.3, 0.4) is 0 Å². The Balaban J connectivity index is 0.000000372. The zero-order valence-corrected chi connectivity index (χ0v) is 44.7. The fraction of sp³-hybridized carbons (Fsp3) is 0.520. The predicted octanol–water partition coefficient (Wildman–Crippen LogP) is 15.0. The van der Waals surface area contributed by atoms with E-state index in [2.05, 4.69) is 204 Å². The van der Waals surface area contributed by atoms with Crippen LogP contribution in [0.4, 0.5) is 0 Å². The maximum absolute atomic E-state index is 4.63. The van der Waals surface area contributed by atoms with Gasteiger partial charge in [0.05, 0.1) is 17.2 Å². The minimum absolute atomic E-state index is 0.428. The molecule has 0 fully saturated rings. The molecule has 65 heavy (non-hydrogen) atoms. The molecule has 0 aliphatic carbocycles. The molecular formula is C50H79N11OS3. The number of aryl methyl sites for hydroxylation is 1. The maximum Gasteiger partial charge on any atom is 0.137 e. The van der Waals surface area contributed by atoms with Crippen LogP contribution in [0.2, 0.25) is 0 Å². The molecule has 7 aromatic rings. The Bertz CT molecular complexity index is 1810. The van der Waals surface area contributed by atoms with Gasteiger partial charge in [-0.05, 0) is 113 Å². The molecule has 0 N–H and O–H groups in total. The summed E-state index contributed by atoms with van der Waals surface area (Å²) in [6.45, 7) is 37.2. The van der Waals surface area contributed by atoms with Crippen LogP contribution in [0.25, 0.3) is 0 Å². The van der Waals surface area contributed by atoms with E-state index in [0.717, 1.165) is 12.2 Å². The first kappa shape index (κ1) is 58.2. The van der Waals surface area contributed by atoms with E-state index in [-0.39, 0.29) is 0 Å². The maximum atomic E-state index is 4.63.